The number of carbonyl (C=O) groups is 2. The quantitative estimate of drug-likeness (QED) is 0.554. The van der Waals surface area contributed by atoms with Crippen LogP contribution in [0.5, 0.6) is 0 Å². The number of methoxy groups -OCH3 is 1. The smallest absolute Gasteiger partial charge is 0.306 e. The van der Waals surface area contributed by atoms with Gasteiger partial charge in [0.05, 0.1) is 43.4 Å². The number of aliphatic imine (C=N–C) groups is 1. The summed E-state index contributed by atoms with van der Waals surface area (Å²) in [6.07, 6.45) is 3.40. The molecule has 0 aromatic heterocycles. The van der Waals surface area contributed by atoms with Gasteiger partial charge in [-0.3, -0.25) is 9.59 Å². The summed E-state index contributed by atoms with van der Waals surface area (Å²) in [5.41, 5.74) is 1.73. The first-order chi connectivity index (χ1) is 16.1. The minimum absolute atomic E-state index is 0.00484. The van der Waals surface area contributed by atoms with E-state index in [4.69, 9.17) is 14.5 Å². The Balaban J connectivity index is 1.59. The molecular weight excluding hydrogens is 432 g/mol. The molecule has 2 saturated heterocycles. The van der Waals surface area contributed by atoms with E-state index < -0.39 is 0 Å². The van der Waals surface area contributed by atoms with Crippen LogP contribution in [-0.2, 0) is 19.1 Å². The van der Waals surface area contributed by atoms with Crippen LogP contribution in [0.4, 0.5) is 0 Å². The van der Waals surface area contributed by atoms with Crippen molar-refractivity contribution in [3.8, 4) is 6.07 Å². The van der Waals surface area contributed by atoms with Crippen molar-refractivity contribution < 1.29 is 19.1 Å². The highest BCUT2D eigenvalue weighted by atomic mass is 16.5. The Bertz CT molecular complexity index is 928. The van der Waals surface area contributed by atoms with E-state index in [0.717, 1.165) is 30.7 Å². The van der Waals surface area contributed by atoms with Gasteiger partial charge in [0.1, 0.15) is 5.82 Å². The monoisotopic (exact) mass is 470 g/mol. The van der Waals surface area contributed by atoms with Crippen molar-refractivity contribution in [2.45, 2.75) is 71.4 Å². The van der Waals surface area contributed by atoms with Crippen molar-refractivity contribution in [1.29, 1.82) is 5.26 Å². The van der Waals surface area contributed by atoms with Gasteiger partial charge in [0.15, 0.2) is 0 Å². The molecule has 4 rings (SSSR count). The first-order valence-corrected chi connectivity index (χ1v) is 12.6. The van der Waals surface area contributed by atoms with E-state index in [0.29, 0.717) is 32.2 Å². The Morgan fingerprint density at radius 2 is 1.97 bits per heavy atom. The van der Waals surface area contributed by atoms with Gasteiger partial charge in [-0.1, -0.05) is 13.8 Å². The van der Waals surface area contributed by atoms with Crippen LogP contribution in [0.25, 0.3) is 0 Å². The average molecular weight is 471 g/mol. The molecule has 8 heteroatoms. The maximum Gasteiger partial charge on any atom is 0.306 e. The first-order valence-electron chi connectivity index (χ1n) is 12.6. The zero-order valence-corrected chi connectivity index (χ0v) is 21.2. The molecule has 0 spiro atoms. The summed E-state index contributed by atoms with van der Waals surface area (Å²) in [5, 5.41) is 10.2. The fourth-order valence-electron chi connectivity index (χ4n) is 5.67. The van der Waals surface area contributed by atoms with Crippen LogP contribution in [-0.4, -0.2) is 72.4 Å². The standard InChI is InChI=1S/C26H38N4O4/c1-16(2)21-14-29(10-11-30(21)22(31)8-9-23(32)33-5)25-19(13-27)18-12-26(3,4)34-15-20(18)24(28-25)17-6-7-17/h16-18,20-21H,6-12,14-15H2,1-5H3/t18?,20?,21-/m0/s1. The number of allylic oxidation sites excluding steroid dienone is 1. The molecule has 186 valence electrons. The molecule has 1 aliphatic carbocycles. The van der Waals surface area contributed by atoms with Gasteiger partial charge in [-0.25, -0.2) is 4.99 Å². The first kappa shape index (κ1) is 24.7. The number of hydrogen-bond acceptors (Lipinski definition) is 7. The maximum atomic E-state index is 12.9. The van der Waals surface area contributed by atoms with E-state index in [2.05, 4.69) is 38.7 Å². The molecule has 3 aliphatic heterocycles. The zero-order chi connectivity index (χ0) is 24.6. The number of nitrogens with zero attached hydrogens (tertiary/aromatic N) is 4. The summed E-state index contributed by atoms with van der Waals surface area (Å²) in [4.78, 5) is 33.8. The Morgan fingerprint density at radius 1 is 1.24 bits per heavy atom. The van der Waals surface area contributed by atoms with Crippen molar-refractivity contribution in [2.75, 3.05) is 33.4 Å². The second kappa shape index (κ2) is 9.69. The Kier molecular flexibility index (Phi) is 7.04. The minimum Gasteiger partial charge on any atom is -0.469 e. The minimum atomic E-state index is -0.366. The summed E-state index contributed by atoms with van der Waals surface area (Å²) >= 11 is 0. The van der Waals surface area contributed by atoms with Gasteiger partial charge in [0, 0.05) is 43.6 Å². The molecule has 0 bridgehead atoms. The van der Waals surface area contributed by atoms with Gasteiger partial charge in [0.25, 0.3) is 0 Å². The number of ether oxygens (including phenoxy) is 2. The highest BCUT2D eigenvalue weighted by Crippen LogP contribution is 2.47. The maximum absolute atomic E-state index is 12.9. The fourth-order valence-corrected chi connectivity index (χ4v) is 5.67. The van der Waals surface area contributed by atoms with E-state index in [1.54, 1.807) is 0 Å². The van der Waals surface area contributed by atoms with Gasteiger partial charge < -0.3 is 19.3 Å². The number of fused-ring (bicyclic) bond motifs is 1. The molecule has 4 aliphatic rings. The largest absolute Gasteiger partial charge is 0.469 e. The topological polar surface area (TPSA) is 95.2 Å². The van der Waals surface area contributed by atoms with Crippen LogP contribution in [0, 0.1) is 35.0 Å². The van der Waals surface area contributed by atoms with Crippen LogP contribution in [0.1, 0.15) is 59.8 Å². The third kappa shape index (κ3) is 5.00. The summed E-state index contributed by atoms with van der Waals surface area (Å²) in [6, 6.07) is 2.52. The van der Waals surface area contributed by atoms with Crippen LogP contribution in [0.2, 0.25) is 0 Å². The zero-order valence-electron chi connectivity index (χ0n) is 21.2. The lowest BCUT2D eigenvalue weighted by molar-refractivity contribution is -0.145. The number of hydrogen-bond donors (Lipinski definition) is 0. The summed E-state index contributed by atoms with van der Waals surface area (Å²) in [6.45, 7) is 10.9. The van der Waals surface area contributed by atoms with E-state index in [1.807, 2.05) is 4.90 Å². The van der Waals surface area contributed by atoms with Crippen LogP contribution in [0.3, 0.4) is 0 Å². The number of nitriles is 1. The van der Waals surface area contributed by atoms with Crippen molar-refractivity contribution >= 4 is 17.6 Å². The van der Waals surface area contributed by atoms with Crippen LogP contribution < -0.4 is 0 Å². The number of esters is 1. The molecule has 0 aromatic rings. The summed E-state index contributed by atoms with van der Waals surface area (Å²) in [7, 11) is 1.34. The molecule has 0 N–H and O–H groups in total. The van der Waals surface area contributed by atoms with Gasteiger partial charge in [-0.15, -0.1) is 0 Å². The second-order valence-electron chi connectivity index (χ2n) is 11.1. The second-order valence-corrected chi connectivity index (χ2v) is 11.1. The molecule has 2 unspecified atom stereocenters. The highest BCUT2D eigenvalue weighted by Gasteiger charge is 2.48. The molecule has 3 atom stereocenters. The summed E-state index contributed by atoms with van der Waals surface area (Å²) in [5.74, 6) is 1.51. The van der Waals surface area contributed by atoms with Crippen LogP contribution >= 0.6 is 0 Å². The van der Waals surface area contributed by atoms with Crippen molar-refractivity contribution in [1.82, 2.24) is 9.80 Å². The molecular formula is C26H38N4O4. The summed E-state index contributed by atoms with van der Waals surface area (Å²) < 4.78 is 10.8. The third-order valence-corrected chi connectivity index (χ3v) is 7.77. The van der Waals surface area contributed by atoms with Gasteiger partial charge in [0.2, 0.25) is 5.91 Å². The molecule has 1 amide bonds. The number of piperazine rings is 1. The molecule has 34 heavy (non-hydrogen) atoms. The normalized spacial score (nSPS) is 28.9. The highest BCUT2D eigenvalue weighted by molar-refractivity contribution is 5.93. The van der Waals surface area contributed by atoms with E-state index in [1.165, 1.54) is 12.8 Å². The van der Waals surface area contributed by atoms with E-state index in [9.17, 15) is 14.9 Å². The molecule has 3 heterocycles. The van der Waals surface area contributed by atoms with E-state index in [-0.39, 0.29) is 54.1 Å². The van der Waals surface area contributed by atoms with Crippen molar-refractivity contribution in [3.63, 3.8) is 0 Å². The van der Waals surface area contributed by atoms with Crippen molar-refractivity contribution in [2.24, 2.45) is 28.7 Å². The number of rotatable bonds is 6. The SMILES string of the molecule is COC(=O)CCC(=O)N1CCN(C2=C(C#N)C3CC(C)(C)OCC3C(C3CC3)=N2)C[C@H]1C(C)C. The Morgan fingerprint density at radius 3 is 2.59 bits per heavy atom. The van der Waals surface area contributed by atoms with Gasteiger partial charge in [-0.2, -0.15) is 5.26 Å². The molecule has 0 radical (unpaired) electrons. The lowest BCUT2D eigenvalue weighted by Gasteiger charge is -2.47. The number of amides is 1. The average Bonchev–Trinajstić information content (AvgIpc) is 3.65. The predicted molar refractivity (Wildman–Crippen MR) is 128 cm³/mol. The third-order valence-electron chi connectivity index (χ3n) is 7.77. The lowest BCUT2D eigenvalue weighted by Crippen LogP contribution is -2.57. The number of carbonyl (C=O) groups excluding carboxylic acids is 2. The lowest BCUT2D eigenvalue weighted by atomic mass is 9.72. The molecule has 0 aromatic carbocycles. The fraction of sp³-hybridized carbons (Fsp3) is 0.769. The van der Waals surface area contributed by atoms with Gasteiger partial charge in [-0.05, 0) is 44.9 Å². The molecule has 8 nitrogen and oxygen atoms in total. The van der Waals surface area contributed by atoms with Crippen LogP contribution in [0.15, 0.2) is 16.4 Å². The van der Waals surface area contributed by atoms with Crippen molar-refractivity contribution in [3.05, 3.63) is 11.4 Å². The Labute approximate surface area is 203 Å². The molecule has 3 fully saturated rings. The Hall–Kier alpha value is -2.40. The van der Waals surface area contributed by atoms with E-state index >= 15 is 0 Å². The van der Waals surface area contributed by atoms with Gasteiger partial charge >= 0.3 is 5.97 Å². The molecule has 1 saturated carbocycles. The predicted octanol–water partition coefficient (Wildman–Crippen LogP) is 3.14.